The van der Waals surface area contributed by atoms with Crippen molar-refractivity contribution in [2.75, 3.05) is 40.5 Å². The standard InChI is InChI=1S/C29H59NO2/c1-5-7-9-11-13-14-15-16-17-18-19-20-22-24-26-32-28-29(30(3)4)27-31-25-23-21-12-10-8-6-2/h14-15,29H,5-13,16-28H2,1-4H3/b15-14-. The Balaban J connectivity index is 3.42. The Hall–Kier alpha value is -0.380. The summed E-state index contributed by atoms with van der Waals surface area (Å²) in [6, 6.07) is 0.370. The van der Waals surface area contributed by atoms with E-state index in [1.807, 2.05) is 0 Å². The number of hydrogen-bond acceptors (Lipinski definition) is 3. The smallest absolute Gasteiger partial charge is 0.0644 e. The molecule has 0 aromatic carbocycles. The molecule has 0 saturated carbocycles. The van der Waals surface area contributed by atoms with E-state index < -0.39 is 0 Å². The number of allylic oxidation sites excluding steroid dienone is 2. The zero-order valence-electron chi connectivity index (χ0n) is 22.6. The van der Waals surface area contributed by atoms with Crippen LogP contribution in [0.25, 0.3) is 0 Å². The second-order valence-corrected chi connectivity index (χ2v) is 9.77. The molecule has 0 bridgehead atoms. The zero-order valence-corrected chi connectivity index (χ0v) is 22.6. The van der Waals surface area contributed by atoms with Crippen molar-refractivity contribution < 1.29 is 9.47 Å². The van der Waals surface area contributed by atoms with E-state index in [9.17, 15) is 0 Å². The molecule has 0 fully saturated rings. The van der Waals surface area contributed by atoms with E-state index in [4.69, 9.17) is 9.47 Å². The predicted octanol–water partition coefficient (Wildman–Crippen LogP) is 8.57. The van der Waals surface area contributed by atoms with Gasteiger partial charge in [0, 0.05) is 13.2 Å². The Morgan fingerprint density at radius 2 is 0.906 bits per heavy atom. The Kier molecular flexibility index (Phi) is 26.5. The largest absolute Gasteiger partial charge is 0.380 e. The summed E-state index contributed by atoms with van der Waals surface area (Å²) in [4.78, 5) is 2.24. The third-order valence-electron chi connectivity index (χ3n) is 6.29. The van der Waals surface area contributed by atoms with Crippen LogP contribution in [0.3, 0.4) is 0 Å². The average Bonchev–Trinajstić information content (AvgIpc) is 2.78. The van der Waals surface area contributed by atoms with Crippen LogP contribution in [-0.4, -0.2) is 51.5 Å². The quantitative estimate of drug-likeness (QED) is 0.0966. The lowest BCUT2D eigenvalue weighted by Gasteiger charge is -2.24. The highest BCUT2D eigenvalue weighted by Crippen LogP contribution is 2.09. The van der Waals surface area contributed by atoms with Crippen molar-refractivity contribution in [3.05, 3.63) is 12.2 Å². The van der Waals surface area contributed by atoms with Crippen LogP contribution >= 0.6 is 0 Å². The molecule has 0 aliphatic heterocycles. The summed E-state index contributed by atoms with van der Waals surface area (Å²) >= 11 is 0. The molecule has 0 rings (SSSR count). The van der Waals surface area contributed by atoms with E-state index in [0.717, 1.165) is 26.4 Å². The van der Waals surface area contributed by atoms with E-state index in [0.29, 0.717) is 6.04 Å². The number of nitrogens with zero attached hydrogens (tertiary/aromatic N) is 1. The molecule has 0 N–H and O–H groups in total. The molecular formula is C29H59NO2. The average molecular weight is 454 g/mol. The van der Waals surface area contributed by atoms with E-state index in [2.05, 4.69) is 45.0 Å². The van der Waals surface area contributed by atoms with Crippen LogP contribution in [0, 0.1) is 0 Å². The zero-order chi connectivity index (χ0) is 23.5. The van der Waals surface area contributed by atoms with Crippen LogP contribution in [-0.2, 0) is 9.47 Å². The molecule has 3 heteroatoms. The van der Waals surface area contributed by atoms with Gasteiger partial charge < -0.3 is 14.4 Å². The minimum atomic E-state index is 0.370. The van der Waals surface area contributed by atoms with Crippen molar-refractivity contribution >= 4 is 0 Å². The highest BCUT2D eigenvalue weighted by molar-refractivity contribution is 4.81. The fourth-order valence-electron chi connectivity index (χ4n) is 3.87. The lowest BCUT2D eigenvalue weighted by atomic mass is 10.1. The summed E-state index contributed by atoms with van der Waals surface area (Å²) in [5, 5.41) is 0. The maximum atomic E-state index is 5.96. The second kappa shape index (κ2) is 26.9. The molecule has 1 atom stereocenters. The Morgan fingerprint density at radius 1 is 0.531 bits per heavy atom. The molecule has 0 radical (unpaired) electrons. The van der Waals surface area contributed by atoms with E-state index in [1.165, 1.54) is 116 Å². The highest BCUT2D eigenvalue weighted by Gasteiger charge is 2.11. The van der Waals surface area contributed by atoms with Gasteiger partial charge in [-0.3, -0.25) is 0 Å². The number of rotatable bonds is 26. The Labute approximate surface area is 202 Å². The number of ether oxygens (including phenoxy) is 2. The van der Waals surface area contributed by atoms with Crippen LogP contribution in [0.4, 0.5) is 0 Å². The molecule has 0 aliphatic carbocycles. The van der Waals surface area contributed by atoms with Crippen LogP contribution in [0.15, 0.2) is 12.2 Å². The van der Waals surface area contributed by atoms with Gasteiger partial charge in [0.2, 0.25) is 0 Å². The molecule has 0 saturated heterocycles. The molecule has 32 heavy (non-hydrogen) atoms. The molecule has 0 heterocycles. The van der Waals surface area contributed by atoms with Crippen molar-refractivity contribution in [2.24, 2.45) is 0 Å². The van der Waals surface area contributed by atoms with Gasteiger partial charge in [-0.25, -0.2) is 0 Å². The van der Waals surface area contributed by atoms with Gasteiger partial charge in [-0.15, -0.1) is 0 Å². The first-order chi connectivity index (χ1) is 15.7. The van der Waals surface area contributed by atoms with Crippen molar-refractivity contribution in [3.8, 4) is 0 Å². The fraction of sp³-hybridized carbons (Fsp3) is 0.931. The minimum Gasteiger partial charge on any atom is -0.380 e. The van der Waals surface area contributed by atoms with Gasteiger partial charge in [-0.1, -0.05) is 103 Å². The van der Waals surface area contributed by atoms with Crippen LogP contribution in [0.1, 0.15) is 129 Å². The molecule has 192 valence electrons. The van der Waals surface area contributed by atoms with Gasteiger partial charge in [0.05, 0.1) is 19.3 Å². The molecular weight excluding hydrogens is 394 g/mol. The van der Waals surface area contributed by atoms with Crippen molar-refractivity contribution in [3.63, 3.8) is 0 Å². The Bertz CT molecular complexity index is 370. The van der Waals surface area contributed by atoms with E-state index in [1.54, 1.807) is 0 Å². The first kappa shape index (κ1) is 31.6. The van der Waals surface area contributed by atoms with E-state index in [-0.39, 0.29) is 0 Å². The van der Waals surface area contributed by atoms with Crippen LogP contribution < -0.4 is 0 Å². The van der Waals surface area contributed by atoms with Crippen molar-refractivity contribution in [2.45, 2.75) is 135 Å². The van der Waals surface area contributed by atoms with Gasteiger partial charge >= 0.3 is 0 Å². The number of hydrogen-bond donors (Lipinski definition) is 0. The maximum Gasteiger partial charge on any atom is 0.0644 e. The molecule has 0 spiro atoms. The van der Waals surface area contributed by atoms with Crippen LogP contribution in [0.2, 0.25) is 0 Å². The normalized spacial score (nSPS) is 12.9. The molecule has 1 unspecified atom stereocenters. The third-order valence-corrected chi connectivity index (χ3v) is 6.29. The molecule has 0 aliphatic rings. The van der Waals surface area contributed by atoms with Gasteiger partial charge in [0.25, 0.3) is 0 Å². The van der Waals surface area contributed by atoms with Gasteiger partial charge in [0.15, 0.2) is 0 Å². The number of unbranched alkanes of at least 4 members (excludes halogenated alkanes) is 15. The summed E-state index contributed by atoms with van der Waals surface area (Å²) in [5.41, 5.74) is 0. The predicted molar refractivity (Wildman–Crippen MR) is 143 cm³/mol. The number of likely N-dealkylation sites (N-methyl/N-ethyl adjacent to an activating group) is 1. The van der Waals surface area contributed by atoms with E-state index >= 15 is 0 Å². The van der Waals surface area contributed by atoms with Crippen LogP contribution in [0.5, 0.6) is 0 Å². The first-order valence-corrected chi connectivity index (χ1v) is 14.2. The highest BCUT2D eigenvalue weighted by atomic mass is 16.5. The topological polar surface area (TPSA) is 21.7 Å². The molecule has 0 aromatic rings. The summed E-state index contributed by atoms with van der Waals surface area (Å²) < 4.78 is 11.9. The van der Waals surface area contributed by atoms with Gasteiger partial charge in [0.1, 0.15) is 0 Å². The van der Waals surface area contributed by atoms with Crippen molar-refractivity contribution in [1.29, 1.82) is 0 Å². The lowest BCUT2D eigenvalue weighted by molar-refractivity contribution is 0.0197. The second-order valence-electron chi connectivity index (χ2n) is 9.77. The summed E-state index contributed by atoms with van der Waals surface area (Å²) in [5.74, 6) is 0. The van der Waals surface area contributed by atoms with Crippen molar-refractivity contribution in [1.82, 2.24) is 4.90 Å². The fourth-order valence-corrected chi connectivity index (χ4v) is 3.87. The summed E-state index contributed by atoms with van der Waals surface area (Å²) in [6.07, 6.45) is 28.7. The Morgan fingerprint density at radius 3 is 1.34 bits per heavy atom. The molecule has 0 amide bonds. The minimum absolute atomic E-state index is 0.370. The molecule has 0 aromatic heterocycles. The SMILES string of the molecule is CCCCCC/C=C\CCCCCCCCOCC(COCCCCCCCC)N(C)C. The van der Waals surface area contributed by atoms with Gasteiger partial charge in [-0.2, -0.15) is 0 Å². The lowest BCUT2D eigenvalue weighted by Crippen LogP contribution is -2.37. The molecule has 3 nitrogen and oxygen atoms in total. The van der Waals surface area contributed by atoms with Gasteiger partial charge in [-0.05, 0) is 52.6 Å². The summed E-state index contributed by atoms with van der Waals surface area (Å²) in [7, 11) is 4.26. The third kappa shape index (κ3) is 24.3. The first-order valence-electron chi connectivity index (χ1n) is 14.2. The summed E-state index contributed by atoms with van der Waals surface area (Å²) in [6.45, 7) is 7.90. The monoisotopic (exact) mass is 453 g/mol. The maximum absolute atomic E-state index is 5.96.